The highest BCUT2D eigenvalue weighted by molar-refractivity contribution is 5.97. The van der Waals surface area contributed by atoms with E-state index in [2.05, 4.69) is 10.6 Å². The molecule has 23 heavy (non-hydrogen) atoms. The highest BCUT2D eigenvalue weighted by Gasteiger charge is 2.20. The van der Waals surface area contributed by atoms with Crippen molar-refractivity contribution in [2.24, 2.45) is 0 Å². The smallest absolute Gasteiger partial charge is 0.247 e. The van der Waals surface area contributed by atoms with Gasteiger partial charge in [0.1, 0.15) is 12.3 Å². The molecule has 0 saturated carbocycles. The van der Waals surface area contributed by atoms with Crippen LogP contribution in [0, 0.1) is 0 Å². The Morgan fingerprint density at radius 1 is 1.04 bits per heavy atom. The van der Waals surface area contributed by atoms with Crippen molar-refractivity contribution >= 4 is 23.8 Å². The number of anilines is 1. The monoisotopic (exact) mass is 310 g/mol. The maximum absolute atomic E-state index is 12.4. The van der Waals surface area contributed by atoms with E-state index in [4.69, 9.17) is 0 Å². The molecule has 5 heteroatoms. The topological polar surface area (TPSA) is 75.3 Å². The van der Waals surface area contributed by atoms with Gasteiger partial charge in [0.15, 0.2) is 0 Å². The normalized spacial score (nSPS) is 11.3. The number of carbonyl (C=O) groups is 3. The molecule has 0 aromatic heterocycles. The molecule has 0 fully saturated rings. The fraction of sp³-hybridized carbons (Fsp3) is 0.167. The molecule has 1 unspecified atom stereocenters. The molecule has 0 spiro atoms. The van der Waals surface area contributed by atoms with E-state index in [1.807, 2.05) is 30.3 Å². The Bertz CT molecular complexity index is 681. The Morgan fingerprint density at radius 2 is 1.70 bits per heavy atom. The predicted octanol–water partition coefficient (Wildman–Crippen LogP) is 2.18. The average molecular weight is 310 g/mol. The van der Waals surface area contributed by atoms with Crippen molar-refractivity contribution in [3.8, 4) is 0 Å². The maximum Gasteiger partial charge on any atom is 0.247 e. The van der Waals surface area contributed by atoms with E-state index in [9.17, 15) is 14.4 Å². The summed E-state index contributed by atoms with van der Waals surface area (Å²) >= 11 is 0. The third kappa shape index (κ3) is 5.07. The van der Waals surface area contributed by atoms with Crippen molar-refractivity contribution in [1.82, 2.24) is 5.32 Å². The SMILES string of the molecule is CC(=O)NC(Cc1ccccc1)C(=O)Nc1ccc(C=O)cc1. The van der Waals surface area contributed by atoms with Crippen LogP contribution in [0.4, 0.5) is 5.69 Å². The van der Waals surface area contributed by atoms with Crippen LogP contribution in [0.15, 0.2) is 54.6 Å². The van der Waals surface area contributed by atoms with Gasteiger partial charge in [0, 0.05) is 24.6 Å². The standard InChI is InChI=1S/C18H18N2O3/c1-13(22)19-17(11-14-5-3-2-4-6-14)18(23)20-16-9-7-15(12-21)8-10-16/h2-10,12,17H,11H2,1H3,(H,19,22)(H,20,23). The zero-order valence-corrected chi connectivity index (χ0v) is 12.8. The molecular weight excluding hydrogens is 292 g/mol. The first kappa shape index (κ1) is 16.4. The van der Waals surface area contributed by atoms with Crippen LogP contribution >= 0.6 is 0 Å². The summed E-state index contributed by atoms with van der Waals surface area (Å²) in [5, 5.41) is 5.41. The van der Waals surface area contributed by atoms with Crippen molar-refractivity contribution < 1.29 is 14.4 Å². The third-order valence-electron chi connectivity index (χ3n) is 3.29. The largest absolute Gasteiger partial charge is 0.344 e. The predicted molar refractivity (Wildman–Crippen MR) is 88.2 cm³/mol. The third-order valence-corrected chi connectivity index (χ3v) is 3.29. The summed E-state index contributed by atoms with van der Waals surface area (Å²) in [4.78, 5) is 34.4. The Balaban J connectivity index is 2.08. The van der Waals surface area contributed by atoms with Gasteiger partial charge < -0.3 is 10.6 Å². The van der Waals surface area contributed by atoms with Crippen LogP contribution < -0.4 is 10.6 Å². The van der Waals surface area contributed by atoms with Crippen molar-refractivity contribution in [3.05, 3.63) is 65.7 Å². The average Bonchev–Trinajstić information content (AvgIpc) is 2.55. The van der Waals surface area contributed by atoms with Crippen molar-refractivity contribution in [3.63, 3.8) is 0 Å². The lowest BCUT2D eigenvalue weighted by molar-refractivity contribution is -0.125. The quantitative estimate of drug-likeness (QED) is 0.803. The molecule has 0 aliphatic heterocycles. The van der Waals surface area contributed by atoms with Crippen LogP contribution in [0.2, 0.25) is 0 Å². The Labute approximate surface area is 134 Å². The van der Waals surface area contributed by atoms with Crippen LogP contribution in [0.3, 0.4) is 0 Å². The number of amides is 2. The fourth-order valence-electron chi connectivity index (χ4n) is 2.18. The first-order chi connectivity index (χ1) is 11.1. The molecule has 118 valence electrons. The van der Waals surface area contributed by atoms with Gasteiger partial charge in [-0.2, -0.15) is 0 Å². The van der Waals surface area contributed by atoms with Gasteiger partial charge in [-0.15, -0.1) is 0 Å². The van der Waals surface area contributed by atoms with E-state index in [-0.39, 0.29) is 11.8 Å². The number of hydrogen-bond donors (Lipinski definition) is 2. The van der Waals surface area contributed by atoms with Gasteiger partial charge in [0.25, 0.3) is 0 Å². The molecule has 0 aliphatic carbocycles. The lowest BCUT2D eigenvalue weighted by atomic mass is 10.0. The molecular formula is C18H18N2O3. The van der Waals surface area contributed by atoms with Gasteiger partial charge in [0.2, 0.25) is 11.8 Å². The summed E-state index contributed by atoms with van der Waals surface area (Å²) in [6, 6.07) is 15.3. The number of aldehydes is 1. The second-order valence-electron chi connectivity index (χ2n) is 5.17. The summed E-state index contributed by atoms with van der Waals surface area (Å²) in [7, 11) is 0. The Hall–Kier alpha value is -2.95. The first-order valence-electron chi connectivity index (χ1n) is 7.25. The van der Waals surface area contributed by atoms with Crippen LogP contribution in [-0.2, 0) is 16.0 Å². The van der Waals surface area contributed by atoms with Crippen LogP contribution in [0.1, 0.15) is 22.8 Å². The number of nitrogens with one attached hydrogen (secondary N) is 2. The maximum atomic E-state index is 12.4. The molecule has 2 amide bonds. The highest BCUT2D eigenvalue weighted by Crippen LogP contribution is 2.10. The van der Waals surface area contributed by atoms with Gasteiger partial charge in [-0.05, 0) is 29.8 Å². The van der Waals surface area contributed by atoms with Gasteiger partial charge in [0.05, 0.1) is 0 Å². The van der Waals surface area contributed by atoms with E-state index in [1.54, 1.807) is 24.3 Å². The van der Waals surface area contributed by atoms with Crippen LogP contribution in [-0.4, -0.2) is 24.1 Å². The van der Waals surface area contributed by atoms with Crippen LogP contribution in [0.5, 0.6) is 0 Å². The van der Waals surface area contributed by atoms with Crippen molar-refractivity contribution in [2.45, 2.75) is 19.4 Å². The number of carbonyl (C=O) groups excluding carboxylic acids is 3. The molecule has 0 radical (unpaired) electrons. The van der Waals surface area contributed by atoms with E-state index < -0.39 is 6.04 Å². The summed E-state index contributed by atoms with van der Waals surface area (Å²) < 4.78 is 0. The fourth-order valence-corrected chi connectivity index (χ4v) is 2.18. The van der Waals surface area contributed by atoms with Crippen molar-refractivity contribution in [1.29, 1.82) is 0 Å². The lowest BCUT2D eigenvalue weighted by Gasteiger charge is -2.18. The molecule has 0 bridgehead atoms. The molecule has 0 heterocycles. The minimum atomic E-state index is -0.666. The van der Waals surface area contributed by atoms with Gasteiger partial charge in [-0.25, -0.2) is 0 Å². The Morgan fingerprint density at radius 3 is 2.26 bits per heavy atom. The minimum absolute atomic E-state index is 0.266. The molecule has 2 aromatic rings. The lowest BCUT2D eigenvalue weighted by Crippen LogP contribution is -2.44. The summed E-state index contributed by atoms with van der Waals surface area (Å²) in [6.07, 6.45) is 1.14. The molecule has 1 atom stereocenters. The second kappa shape index (κ2) is 7.89. The van der Waals surface area contributed by atoms with Gasteiger partial charge >= 0.3 is 0 Å². The minimum Gasteiger partial charge on any atom is -0.344 e. The van der Waals surface area contributed by atoms with E-state index in [0.29, 0.717) is 17.7 Å². The second-order valence-corrected chi connectivity index (χ2v) is 5.17. The zero-order valence-electron chi connectivity index (χ0n) is 12.8. The van der Waals surface area contributed by atoms with E-state index >= 15 is 0 Å². The number of benzene rings is 2. The molecule has 0 aliphatic rings. The summed E-state index contributed by atoms with van der Waals surface area (Å²) in [5.74, 6) is -0.569. The number of rotatable bonds is 6. The number of hydrogen-bond acceptors (Lipinski definition) is 3. The highest BCUT2D eigenvalue weighted by atomic mass is 16.2. The van der Waals surface area contributed by atoms with Gasteiger partial charge in [-0.1, -0.05) is 30.3 Å². The Kier molecular flexibility index (Phi) is 5.63. The van der Waals surface area contributed by atoms with E-state index in [0.717, 1.165) is 11.8 Å². The molecule has 2 aromatic carbocycles. The van der Waals surface area contributed by atoms with Crippen LogP contribution in [0.25, 0.3) is 0 Å². The summed E-state index contributed by atoms with van der Waals surface area (Å²) in [6.45, 7) is 1.38. The van der Waals surface area contributed by atoms with Gasteiger partial charge in [-0.3, -0.25) is 14.4 Å². The van der Waals surface area contributed by atoms with E-state index in [1.165, 1.54) is 6.92 Å². The molecule has 2 rings (SSSR count). The molecule has 2 N–H and O–H groups in total. The summed E-state index contributed by atoms with van der Waals surface area (Å²) in [5.41, 5.74) is 2.06. The molecule has 5 nitrogen and oxygen atoms in total. The molecule has 0 saturated heterocycles. The van der Waals surface area contributed by atoms with Crippen molar-refractivity contribution in [2.75, 3.05) is 5.32 Å². The first-order valence-corrected chi connectivity index (χ1v) is 7.25. The zero-order chi connectivity index (χ0) is 16.7.